The van der Waals surface area contributed by atoms with Gasteiger partial charge in [-0.25, -0.2) is 0 Å². The van der Waals surface area contributed by atoms with Crippen LogP contribution in [0.2, 0.25) is 31.2 Å². The fourth-order valence-electron chi connectivity index (χ4n) is 3.29. The van der Waals surface area contributed by atoms with Crippen LogP contribution >= 0.6 is 0 Å². The molecule has 0 aliphatic heterocycles. The average molecular weight is 424 g/mol. The van der Waals surface area contributed by atoms with Crippen LogP contribution in [-0.4, -0.2) is 35.1 Å². The Bertz CT molecular complexity index is 562. The van der Waals surface area contributed by atoms with E-state index in [1.807, 2.05) is 12.4 Å². The molecule has 0 radical (unpaired) electrons. The summed E-state index contributed by atoms with van der Waals surface area (Å²) in [6.07, 6.45) is 7.42. The van der Waals surface area contributed by atoms with Crippen LogP contribution in [0.15, 0.2) is 24.5 Å². The molecule has 0 N–H and O–H groups in total. The maximum atomic E-state index is 6.68. The van der Waals surface area contributed by atoms with Gasteiger partial charge in [0.2, 0.25) is 0 Å². The largest absolute Gasteiger partial charge is 0.417 e. The van der Waals surface area contributed by atoms with Crippen molar-refractivity contribution in [3.8, 4) is 0 Å². The third kappa shape index (κ3) is 8.48. The lowest BCUT2D eigenvalue weighted by atomic mass is 9.79. The van der Waals surface area contributed by atoms with Gasteiger partial charge in [-0.1, -0.05) is 41.5 Å². The van der Waals surface area contributed by atoms with Crippen molar-refractivity contribution in [1.29, 1.82) is 0 Å². The lowest BCUT2D eigenvalue weighted by Gasteiger charge is -2.42. The number of aryl methyl sites for hydroxylation is 1. The molecular formula is C23H45NO2Si2. The second-order valence-electron chi connectivity index (χ2n) is 11.1. The molecule has 162 valence electrons. The summed E-state index contributed by atoms with van der Waals surface area (Å²) >= 11 is 0. The topological polar surface area (TPSA) is 31.4 Å². The van der Waals surface area contributed by atoms with Gasteiger partial charge >= 0.3 is 0 Å². The quantitative estimate of drug-likeness (QED) is 0.405. The van der Waals surface area contributed by atoms with E-state index >= 15 is 0 Å². The molecule has 0 saturated carbocycles. The Morgan fingerprint density at radius 1 is 1.04 bits per heavy atom. The number of pyridine rings is 1. The molecule has 1 aromatic rings. The van der Waals surface area contributed by atoms with E-state index < -0.39 is 17.4 Å². The fraction of sp³-hybridized carbons (Fsp3) is 0.783. The van der Waals surface area contributed by atoms with E-state index in [9.17, 15) is 0 Å². The van der Waals surface area contributed by atoms with Crippen LogP contribution in [0, 0.1) is 11.3 Å². The number of hydrogen-bond acceptors (Lipinski definition) is 3. The van der Waals surface area contributed by atoms with E-state index in [-0.39, 0.29) is 16.6 Å². The second kappa shape index (κ2) is 10.5. The van der Waals surface area contributed by atoms with Crippen molar-refractivity contribution in [1.82, 2.24) is 4.98 Å². The highest BCUT2D eigenvalue weighted by molar-refractivity contribution is 6.74. The van der Waals surface area contributed by atoms with Gasteiger partial charge in [-0.3, -0.25) is 4.98 Å². The van der Waals surface area contributed by atoms with E-state index in [4.69, 9.17) is 8.85 Å². The highest BCUT2D eigenvalue weighted by atomic mass is 28.4. The van der Waals surface area contributed by atoms with Crippen LogP contribution in [-0.2, 0) is 15.3 Å². The van der Waals surface area contributed by atoms with Crippen LogP contribution < -0.4 is 0 Å². The summed E-state index contributed by atoms with van der Waals surface area (Å²) < 4.78 is 13.3. The minimum Gasteiger partial charge on any atom is -0.417 e. The Labute approximate surface area is 177 Å². The summed E-state index contributed by atoms with van der Waals surface area (Å²) in [6, 6.07) is 4.25. The predicted octanol–water partition coefficient (Wildman–Crippen LogP) is 6.46. The zero-order chi connectivity index (χ0) is 21.6. The minimum absolute atomic E-state index is 0.120. The van der Waals surface area contributed by atoms with Crippen LogP contribution in [0.4, 0.5) is 0 Å². The Morgan fingerprint density at radius 2 is 1.61 bits per heavy atom. The number of nitrogens with zero attached hydrogens (tertiary/aromatic N) is 1. The number of rotatable bonds is 10. The standard InChI is InChI=1S/C23H45NO2Si2/c1-22(2,3)21(26-27(7)8)20(18-25-28(9,10)23(4,5)6)13-11-12-19-14-16-24-17-15-19/h14-17,20-21,27H,11-13,18H2,1-10H3. The summed E-state index contributed by atoms with van der Waals surface area (Å²) in [5, 5.41) is 0.236. The Kier molecular flexibility index (Phi) is 9.58. The Balaban J connectivity index is 2.90. The molecule has 0 amide bonds. The van der Waals surface area contributed by atoms with Crippen molar-refractivity contribution in [2.24, 2.45) is 11.3 Å². The third-order valence-electron chi connectivity index (χ3n) is 5.95. The van der Waals surface area contributed by atoms with Gasteiger partial charge in [0, 0.05) is 24.9 Å². The van der Waals surface area contributed by atoms with E-state index in [2.05, 4.69) is 84.8 Å². The van der Waals surface area contributed by atoms with Crippen molar-refractivity contribution in [2.75, 3.05) is 6.61 Å². The van der Waals surface area contributed by atoms with Gasteiger partial charge in [-0.05, 0) is 73.6 Å². The highest BCUT2D eigenvalue weighted by Gasteiger charge is 2.40. The van der Waals surface area contributed by atoms with Gasteiger partial charge in [0.1, 0.15) is 0 Å². The van der Waals surface area contributed by atoms with Crippen molar-refractivity contribution >= 4 is 17.4 Å². The molecule has 0 aliphatic rings. The molecule has 1 rings (SSSR count). The summed E-state index contributed by atoms with van der Waals surface area (Å²) in [7, 11) is -2.90. The molecule has 0 aliphatic carbocycles. The summed E-state index contributed by atoms with van der Waals surface area (Å²) in [5.74, 6) is 0.436. The predicted molar refractivity (Wildman–Crippen MR) is 127 cm³/mol. The highest BCUT2D eigenvalue weighted by Crippen LogP contribution is 2.38. The SMILES string of the molecule is C[SiH](C)OC(C(CCCc1ccncc1)CO[Si](C)(C)C(C)(C)C)C(C)(C)C. The van der Waals surface area contributed by atoms with Gasteiger partial charge < -0.3 is 8.85 Å². The zero-order valence-electron chi connectivity index (χ0n) is 20.1. The van der Waals surface area contributed by atoms with Crippen molar-refractivity contribution in [3.05, 3.63) is 30.1 Å². The molecule has 0 saturated heterocycles. The monoisotopic (exact) mass is 423 g/mol. The lowest BCUT2D eigenvalue weighted by Crippen LogP contribution is -2.46. The molecule has 0 bridgehead atoms. The summed E-state index contributed by atoms with van der Waals surface area (Å²) in [6.45, 7) is 24.0. The molecule has 0 spiro atoms. The minimum atomic E-state index is -1.77. The zero-order valence-corrected chi connectivity index (χ0v) is 22.3. The first-order valence-electron chi connectivity index (χ1n) is 10.9. The second-order valence-corrected chi connectivity index (χ2v) is 18.2. The molecule has 1 heterocycles. The molecule has 0 aromatic carbocycles. The molecule has 28 heavy (non-hydrogen) atoms. The lowest BCUT2D eigenvalue weighted by molar-refractivity contribution is 0.00645. The molecular weight excluding hydrogens is 378 g/mol. The summed E-state index contributed by atoms with van der Waals surface area (Å²) in [5.41, 5.74) is 1.49. The normalized spacial score (nSPS) is 15.7. The maximum Gasteiger partial charge on any atom is 0.191 e. The molecule has 3 nitrogen and oxygen atoms in total. The Hall–Kier alpha value is -0.496. The van der Waals surface area contributed by atoms with Gasteiger partial charge in [0.25, 0.3) is 0 Å². The van der Waals surface area contributed by atoms with Gasteiger partial charge in [-0.2, -0.15) is 0 Å². The van der Waals surface area contributed by atoms with Crippen LogP contribution in [0.25, 0.3) is 0 Å². The van der Waals surface area contributed by atoms with E-state index in [0.29, 0.717) is 5.92 Å². The molecule has 1 aromatic heterocycles. The van der Waals surface area contributed by atoms with Crippen molar-refractivity contribution < 1.29 is 8.85 Å². The van der Waals surface area contributed by atoms with Crippen LogP contribution in [0.5, 0.6) is 0 Å². The Morgan fingerprint density at radius 3 is 2.07 bits per heavy atom. The van der Waals surface area contributed by atoms with Gasteiger partial charge in [0.15, 0.2) is 17.4 Å². The number of hydrogen-bond donors (Lipinski definition) is 0. The summed E-state index contributed by atoms with van der Waals surface area (Å²) in [4.78, 5) is 4.13. The van der Waals surface area contributed by atoms with E-state index in [1.165, 1.54) is 5.56 Å². The molecule has 2 atom stereocenters. The number of aromatic nitrogens is 1. The van der Waals surface area contributed by atoms with E-state index in [1.54, 1.807) is 0 Å². The first kappa shape index (κ1) is 25.5. The fourth-order valence-corrected chi connectivity index (χ4v) is 5.57. The first-order chi connectivity index (χ1) is 12.7. The first-order valence-corrected chi connectivity index (χ1v) is 16.6. The third-order valence-corrected chi connectivity index (χ3v) is 11.3. The molecule has 0 fully saturated rings. The molecule has 2 unspecified atom stereocenters. The molecule has 5 heteroatoms. The maximum absolute atomic E-state index is 6.68. The van der Waals surface area contributed by atoms with Crippen LogP contribution in [0.3, 0.4) is 0 Å². The van der Waals surface area contributed by atoms with E-state index in [0.717, 1.165) is 25.9 Å². The average Bonchev–Trinajstić information content (AvgIpc) is 2.55. The smallest absolute Gasteiger partial charge is 0.191 e. The van der Waals surface area contributed by atoms with Crippen molar-refractivity contribution in [2.45, 2.75) is 98.1 Å². The van der Waals surface area contributed by atoms with Crippen molar-refractivity contribution in [3.63, 3.8) is 0 Å². The van der Waals surface area contributed by atoms with Gasteiger partial charge in [-0.15, -0.1) is 0 Å². The van der Waals surface area contributed by atoms with Gasteiger partial charge in [0.05, 0.1) is 6.10 Å². The van der Waals surface area contributed by atoms with Crippen LogP contribution in [0.1, 0.15) is 59.9 Å².